The number of nitrogens with one attached hydrogen (secondary N) is 2. The molecule has 1 aliphatic carbocycles. The molecule has 2 aromatic carbocycles. The quantitative estimate of drug-likeness (QED) is 0.642. The molecule has 25 heavy (non-hydrogen) atoms. The van der Waals surface area contributed by atoms with E-state index in [-0.39, 0.29) is 17.7 Å². The number of nitrogens with zero attached hydrogens (tertiary/aromatic N) is 1. The maximum Gasteiger partial charge on any atom is 0.270 e. The molecule has 0 spiro atoms. The molecule has 4 N–H and O–H groups in total. The summed E-state index contributed by atoms with van der Waals surface area (Å²) in [5.41, 5.74) is 8.26. The highest BCUT2D eigenvalue weighted by Gasteiger charge is 2.24. The maximum absolute atomic E-state index is 12.2. The van der Waals surface area contributed by atoms with E-state index in [9.17, 15) is 4.79 Å². The minimum Gasteiger partial charge on any atom is -0.397 e. The van der Waals surface area contributed by atoms with Gasteiger partial charge in [-0.1, -0.05) is 36.4 Å². The van der Waals surface area contributed by atoms with E-state index in [1.165, 1.54) is 6.20 Å². The number of carbonyl (C=O) groups excluding carboxylic acids is 1. The third-order valence-corrected chi connectivity index (χ3v) is 4.39. The lowest BCUT2D eigenvalue weighted by Crippen LogP contribution is -2.26. The molecular weight excluding hydrogens is 312 g/mol. The van der Waals surface area contributed by atoms with Crippen LogP contribution in [0.15, 0.2) is 54.7 Å². The van der Waals surface area contributed by atoms with Gasteiger partial charge in [-0.25, -0.2) is 4.98 Å². The number of fused-ring (bicyclic) bond motifs is 1. The summed E-state index contributed by atoms with van der Waals surface area (Å²) in [7, 11) is 0. The number of carbonyl (C=O) groups is 1. The number of pyridine rings is 1. The van der Waals surface area contributed by atoms with Crippen LogP contribution in [0.25, 0.3) is 10.8 Å². The Morgan fingerprint density at radius 3 is 2.64 bits per heavy atom. The third-order valence-electron chi connectivity index (χ3n) is 4.39. The molecule has 1 amide bonds. The summed E-state index contributed by atoms with van der Waals surface area (Å²) in [6.07, 6.45) is 3.48. The van der Waals surface area contributed by atoms with Gasteiger partial charge < -0.3 is 11.1 Å². The standard InChI is InChI=1S/C20H18N4O/c21-17-11-23-18(20(25)24-15-7-8-15)10-16(17)19(22)14-6-5-12-3-1-2-4-13(12)9-14/h1-6,9-11,15,22H,7-8,21H2,(H,24,25). The Balaban J connectivity index is 1.69. The lowest BCUT2D eigenvalue weighted by Gasteiger charge is -2.11. The predicted molar refractivity (Wildman–Crippen MR) is 99.0 cm³/mol. The Kier molecular flexibility index (Phi) is 3.69. The van der Waals surface area contributed by atoms with E-state index in [1.54, 1.807) is 6.07 Å². The van der Waals surface area contributed by atoms with Gasteiger partial charge in [0.25, 0.3) is 5.91 Å². The summed E-state index contributed by atoms with van der Waals surface area (Å²) < 4.78 is 0. The maximum atomic E-state index is 12.2. The van der Waals surface area contributed by atoms with Gasteiger partial charge in [-0.05, 0) is 35.7 Å². The van der Waals surface area contributed by atoms with Crippen molar-refractivity contribution in [1.82, 2.24) is 10.3 Å². The molecule has 1 aliphatic rings. The molecule has 0 aliphatic heterocycles. The fourth-order valence-corrected chi connectivity index (χ4v) is 2.79. The molecule has 1 saturated carbocycles. The molecule has 0 atom stereocenters. The van der Waals surface area contributed by atoms with E-state index in [0.717, 1.165) is 29.2 Å². The molecule has 4 rings (SSSR count). The Hall–Kier alpha value is -3.21. The molecule has 1 fully saturated rings. The molecule has 0 saturated heterocycles. The van der Waals surface area contributed by atoms with Gasteiger partial charge in [0.2, 0.25) is 0 Å². The van der Waals surface area contributed by atoms with Crippen molar-refractivity contribution in [3.05, 3.63) is 71.5 Å². The van der Waals surface area contributed by atoms with Gasteiger partial charge in [0.05, 0.1) is 17.6 Å². The predicted octanol–water partition coefficient (Wildman–Crippen LogP) is 3.13. The van der Waals surface area contributed by atoms with E-state index in [2.05, 4.69) is 10.3 Å². The lowest BCUT2D eigenvalue weighted by atomic mass is 9.98. The van der Waals surface area contributed by atoms with Crippen molar-refractivity contribution >= 4 is 28.1 Å². The van der Waals surface area contributed by atoms with Gasteiger partial charge in [-0.3, -0.25) is 10.2 Å². The van der Waals surface area contributed by atoms with Crippen LogP contribution in [0, 0.1) is 5.41 Å². The first-order chi connectivity index (χ1) is 12.1. The average Bonchev–Trinajstić information content (AvgIpc) is 3.45. The smallest absolute Gasteiger partial charge is 0.270 e. The van der Waals surface area contributed by atoms with Crippen LogP contribution in [0.2, 0.25) is 0 Å². The zero-order chi connectivity index (χ0) is 17.4. The van der Waals surface area contributed by atoms with Crippen molar-refractivity contribution in [1.29, 1.82) is 5.41 Å². The van der Waals surface area contributed by atoms with Crippen LogP contribution in [0.4, 0.5) is 5.69 Å². The summed E-state index contributed by atoms with van der Waals surface area (Å²) >= 11 is 0. The molecular formula is C20H18N4O. The van der Waals surface area contributed by atoms with E-state index < -0.39 is 0 Å². The molecule has 0 bridgehead atoms. The SMILES string of the molecule is N=C(c1ccc2ccccc2c1)c1cc(C(=O)NC2CC2)ncc1N. The summed E-state index contributed by atoms with van der Waals surface area (Å²) in [6, 6.07) is 15.7. The molecule has 0 radical (unpaired) electrons. The normalized spacial score (nSPS) is 13.6. The number of rotatable bonds is 4. The second-order valence-corrected chi connectivity index (χ2v) is 6.34. The Bertz CT molecular complexity index is 992. The highest BCUT2D eigenvalue weighted by Crippen LogP contribution is 2.22. The average molecular weight is 330 g/mol. The van der Waals surface area contributed by atoms with Crippen LogP contribution in [-0.4, -0.2) is 22.6 Å². The second kappa shape index (κ2) is 6.02. The molecule has 3 aromatic rings. The monoisotopic (exact) mass is 330 g/mol. The molecule has 0 unspecified atom stereocenters. The Morgan fingerprint density at radius 1 is 1.12 bits per heavy atom. The highest BCUT2D eigenvalue weighted by molar-refractivity contribution is 6.15. The van der Waals surface area contributed by atoms with Crippen molar-refractivity contribution in [3.8, 4) is 0 Å². The minimum absolute atomic E-state index is 0.213. The highest BCUT2D eigenvalue weighted by atomic mass is 16.2. The minimum atomic E-state index is -0.213. The van der Waals surface area contributed by atoms with E-state index in [4.69, 9.17) is 11.1 Å². The van der Waals surface area contributed by atoms with Gasteiger partial charge in [0.15, 0.2) is 0 Å². The summed E-state index contributed by atoms with van der Waals surface area (Å²) in [4.78, 5) is 16.3. The van der Waals surface area contributed by atoms with E-state index >= 15 is 0 Å². The Labute approximate surface area is 145 Å². The van der Waals surface area contributed by atoms with Crippen LogP contribution in [0.5, 0.6) is 0 Å². The fourth-order valence-electron chi connectivity index (χ4n) is 2.79. The van der Waals surface area contributed by atoms with Gasteiger partial charge in [0.1, 0.15) is 5.69 Å². The van der Waals surface area contributed by atoms with Crippen LogP contribution in [-0.2, 0) is 0 Å². The van der Waals surface area contributed by atoms with Crippen molar-refractivity contribution in [2.45, 2.75) is 18.9 Å². The number of aromatic nitrogens is 1. The van der Waals surface area contributed by atoms with Crippen molar-refractivity contribution in [2.75, 3.05) is 5.73 Å². The van der Waals surface area contributed by atoms with Gasteiger partial charge in [-0.15, -0.1) is 0 Å². The lowest BCUT2D eigenvalue weighted by molar-refractivity contribution is 0.0946. The van der Waals surface area contributed by atoms with Crippen LogP contribution in [0.3, 0.4) is 0 Å². The first kappa shape index (κ1) is 15.3. The van der Waals surface area contributed by atoms with Crippen molar-refractivity contribution in [2.24, 2.45) is 0 Å². The van der Waals surface area contributed by atoms with Crippen LogP contribution in [0.1, 0.15) is 34.5 Å². The first-order valence-electron chi connectivity index (χ1n) is 8.26. The zero-order valence-corrected chi connectivity index (χ0v) is 13.6. The van der Waals surface area contributed by atoms with Gasteiger partial charge >= 0.3 is 0 Å². The zero-order valence-electron chi connectivity index (χ0n) is 13.6. The summed E-state index contributed by atoms with van der Waals surface area (Å²) in [5, 5.41) is 13.6. The number of nitrogens with two attached hydrogens (primary N) is 1. The summed E-state index contributed by atoms with van der Waals surface area (Å²) in [6.45, 7) is 0. The van der Waals surface area contributed by atoms with E-state index in [1.807, 2.05) is 42.5 Å². The molecule has 5 nitrogen and oxygen atoms in total. The van der Waals surface area contributed by atoms with Crippen molar-refractivity contribution in [3.63, 3.8) is 0 Å². The third kappa shape index (κ3) is 3.08. The molecule has 1 aromatic heterocycles. The van der Waals surface area contributed by atoms with Crippen LogP contribution < -0.4 is 11.1 Å². The number of hydrogen-bond donors (Lipinski definition) is 3. The fraction of sp³-hybridized carbons (Fsp3) is 0.150. The number of amides is 1. The van der Waals surface area contributed by atoms with E-state index in [0.29, 0.717) is 16.9 Å². The van der Waals surface area contributed by atoms with Crippen LogP contribution >= 0.6 is 0 Å². The Morgan fingerprint density at radius 2 is 1.88 bits per heavy atom. The number of hydrogen-bond acceptors (Lipinski definition) is 4. The molecule has 5 heteroatoms. The number of anilines is 1. The topological polar surface area (TPSA) is 91.9 Å². The number of nitrogen functional groups attached to an aromatic ring is 1. The largest absolute Gasteiger partial charge is 0.397 e. The molecule has 1 heterocycles. The first-order valence-corrected chi connectivity index (χ1v) is 8.26. The summed E-state index contributed by atoms with van der Waals surface area (Å²) in [5.74, 6) is -0.213. The number of benzene rings is 2. The molecule has 124 valence electrons. The van der Waals surface area contributed by atoms with Crippen molar-refractivity contribution < 1.29 is 4.79 Å². The van der Waals surface area contributed by atoms with Gasteiger partial charge in [0, 0.05) is 17.2 Å². The van der Waals surface area contributed by atoms with Gasteiger partial charge in [-0.2, -0.15) is 0 Å². The second-order valence-electron chi connectivity index (χ2n) is 6.34.